The van der Waals surface area contributed by atoms with Crippen LogP contribution >= 0.6 is 0 Å². The summed E-state index contributed by atoms with van der Waals surface area (Å²) in [5.74, 6) is -1.93. The first kappa shape index (κ1) is 23.4. The van der Waals surface area contributed by atoms with Gasteiger partial charge in [0.25, 0.3) is 10.1 Å². The van der Waals surface area contributed by atoms with Crippen molar-refractivity contribution in [3.8, 4) is 0 Å². The first-order valence-electron chi connectivity index (χ1n) is 6.32. The summed E-state index contributed by atoms with van der Waals surface area (Å²) in [4.78, 5) is 23.0. The molecule has 0 radical (unpaired) electrons. The van der Waals surface area contributed by atoms with Crippen LogP contribution in [0.5, 0.6) is 0 Å². The van der Waals surface area contributed by atoms with Crippen molar-refractivity contribution in [1.29, 1.82) is 0 Å². The van der Waals surface area contributed by atoms with Gasteiger partial charge in [-0.15, -0.1) is 0 Å². The normalized spacial score (nSPS) is 12.7. The molecule has 7 nitrogen and oxygen atoms in total. The van der Waals surface area contributed by atoms with Gasteiger partial charge < -0.3 is 9.47 Å². The molecule has 1 unspecified atom stereocenters. The zero-order valence-electron chi connectivity index (χ0n) is 12.2. The molecule has 0 amide bonds. The molecule has 0 aliphatic heterocycles. The van der Waals surface area contributed by atoms with Gasteiger partial charge in [-0.25, -0.2) is 0 Å². The van der Waals surface area contributed by atoms with E-state index in [0.717, 1.165) is 0 Å². The van der Waals surface area contributed by atoms with Crippen LogP contribution in [-0.4, -0.2) is 81.1 Å². The topological polar surface area (TPSA) is 107 Å². The number of carbonyl (C=O) groups excluding carboxylic acids is 2. The third-order valence-electron chi connectivity index (χ3n) is 2.11. The number of rotatable bonds is 8. The van der Waals surface area contributed by atoms with Gasteiger partial charge in [-0.2, -0.15) is 8.42 Å². The third kappa shape index (κ3) is 11.3. The quantitative estimate of drug-likeness (QED) is 0.375. The summed E-state index contributed by atoms with van der Waals surface area (Å²) in [5, 5.41) is -1.94. The van der Waals surface area contributed by atoms with Gasteiger partial charge in [0.15, 0.2) is 5.25 Å². The molecule has 0 aliphatic carbocycles. The predicted molar refractivity (Wildman–Crippen MR) is 80.1 cm³/mol. The Labute approximate surface area is 155 Å². The minimum atomic E-state index is -4.72. The van der Waals surface area contributed by atoms with E-state index < -0.39 is 33.7 Å². The van der Waals surface area contributed by atoms with Gasteiger partial charge in [-0.3, -0.25) is 14.1 Å². The van der Waals surface area contributed by atoms with Crippen molar-refractivity contribution in [2.45, 2.75) is 39.4 Å². The monoisotopic (exact) mass is 352 g/mol. The Balaban J connectivity index is 0. The third-order valence-corrected chi connectivity index (χ3v) is 3.19. The van der Waals surface area contributed by atoms with Crippen LogP contribution < -0.4 is 0 Å². The van der Waals surface area contributed by atoms with E-state index in [1.54, 1.807) is 13.8 Å². The zero-order valence-corrected chi connectivity index (χ0v) is 13.0. The van der Waals surface area contributed by atoms with Crippen molar-refractivity contribution in [2.24, 2.45) is 11.8 Å². The average Bonchev–Trinajstić information content (AvgIpc) is 2.28. The second-order valence-electron chi connectivity index (χ2n) is 5.31. The summed E-state index contributed by atoms with van der Waals surface area (Å²) in [6.07, 6.45) is -0.761. The number of hydrogen-bond acceptors (Lipinski definition) is 6. The summed E-state index contributed by atoms with van der Waals surface area (Å²) in [7, 11) is -4.72. The fourth-order valence-corrected chi connectivity index (χ4v) is 1.78. The summed E-state index contributed by atoms with van der Waals surface area (Å²) < 4.78 is 40.8. The molecule has 0 spiro atoms. The molecular weight excluding hydrogens is 328 g/mol. The van der Waals surface area contributed by atoms with Gasteiger partial charge in [-0.1, -0.05) is 27.7 Å². The van der Waals surface area contributed by atoms with Gasteiger partial charge >= 0.3 is 49.7 Å². The summed E-state index contributed by atoms with van der Waals surface area (Å²) >= 11 is 0. The number of ether oxygens (including phenoxy) is 2. The van der Waals surface area contributed by atoms with Crippen molar-refractivity contribution in [3.63, 3.8) is 0 Å². The maximum absolute atomic E-state index is 11.6. The fourth-order valence-electron chi connectivity index (χ4n) is 1.12. The molecule has 1 N–H and O–H groups in total. The number of hydrogen-bond donors (Lipinski definition) is 1. The van der Waals surface area contributed by atoms with E-state index in [2.05, 4.69) is 0 Å². The Morgan fingerprint density at radius 2 is 1.43 bits per heavy atom. The van der Waals surface area contributed by atoms with E-state index in [4.69, 9.17) is 14.0 Å². The SMILES string of the molecule is CC(C)COC(=O)CC(C(=O)OCC(C)C)S(=O)(=O)O.[CaH2]. The minimum absolute atomic E-state index is 0. The molecule has 0 rings (SSSR count). The standard InChI is InChI=1S/C12H22O7S.Ca.2H/c1-8(2)6-18-11(13)5-10(20(15,16)17)12(14)19-7-9(3)4;;;/h8-10H,5-7H2,1-4H3,(H,15,16,17);;;. The Morgan fingerprint density at radius 1 is 1.00 bits per heavy atom. The first-order valence-corrected chi connectivity index (χ1v) is 7.83. The molecule has 1 atom stereocenters. The molecule has 0 heterocycles. The molecule has 0 fully saturated rings. The van der Waals surface area contributed by atoms with Crippen LogP contribution in [0.3, 0.4) is 0 Å². The molecule has 0 aromatic rings. The van der Waals surface area contributed by atoms with Crippen LogP contribution in [-0.2, 0) is 29.2 Å². The second kappa shape index (κ2) is 10.8. The summed E-state index contributed by atoms with van der Waals surface area (Å²) in [6.45, 7) is 7.28. The van der Waals surface area contributed by atoms with E-state index in [9.17, 15) is 18.0 Å². The Bertz CT molecular complexity index is 431. The second-order valence-corrected chi connectivity index (χ2v) is 6.91. The van der Waals surface area contributed by atoms with E-state index in [1.165, 1.54) is 0 Å². The summed E-state index contributed by atoms with van der Waals surface area (Å²) in [5.41, 5.74) is 0. The fraction of sp³-hybridized carbons (Fsp3) is 0.833. The van der Waals surface area contributed by atoms with E-state index >= 15 is 0 Å². The van der Waals surface area contributed by atoms with Crippen molar-refractivity contribution in [1.82, 2.24) is 0 Å². The molecular formula is C12H24CaO7S. The van der Waals surface area contributed by atoms with Crippen LogP contribution in [0.25, 0.3) is 0 Å². The molecule has 9 heteroatoms. The van der Waals surface area contributed by atoms with E-state index in [1.807, 2.05) is 13.8 Å². The van der Waals surface area contributed by atoms with Crippen molar-refractivity contribution in [3.05, 3.63) is 0 Å². The van der Waals surface area contributed by atoms with Gasteiger partial charge in [0.1, 0.15) is 0 Å². The summed E-state index contributed by atoms with van der Waals surface area (Å²) in [6, 6.07) is 0. The number of carbonyl (C=O) groups is 2. The van der Waals surface area contributed by atoms with Gasteiger partial charge in [0.05, 0.1) is 19.6 Å². The van der Waals surface area contributed by atoms with Gasteiger partial charge in [0, 0.05) is 0 Å². The molecule has 0 saturated heterocycles. The molecule has 0 saturated carbocycles. The molecule has 0 bridgehead atoms. The predicted octanol–water partition coefficient (Wildman–Crippen LogP) is 0.115. The van der Waals surface area contributed by atoms with Gasteiger partial charge in [0.2, 0.25) is 0 Å². The van der Waals surface area contributed by atoms with E-state index in [-0.39, 0.29) is 62.8 Å². The maximum atomic E-state index is 11.6. The Hall–Kier alpha value is 0.110. The van der Waals surface area contributed by atoms with Crippen LogP contribution in [0.1, 0.15) is 34.1 Å². The first-order chi connectivity index (χ1) is 9.04. The Kier molecular flexibility index (Phi) is 12.0. The average molecular weight is 352 g/mol. The Morgan fingerprint density at radius 3 is 1.81 bits per heavy atom. The van der Waals surface area contributed by atoms with Crippen LogP contribution in [0.2, 0.25) is 0 Å². The van der Waals surface area contributed by atoms with E-state index in [0.29, 0.717) is 0 Å². The van der Waals surface area contributed by atoms with Crippen LogP contribution in [0.15, 0.2) is 0 Å². The molecule has 0 aliphatic rings. The number of esters is 2. The van der Waals surface area contributed by atoms with Gasteiger partial charge in [-0.05, 0) is 11.8 Å². The molecule has 0 aromatic carbocycles. The van der Waals surface area contributed by atoms with Crippen molar-refractivity contribution < 1.29 is 32.0 Å². The van der Waals surface area contributed by atoms with Crippen LogP contribution in [0, 0.1) is 11.8 Å². The van der Waals surface area contributed by atoms with Crippen molar-refractivity contribution in [2.75, 3.05) is 13.2 Å². The molecule has 0 aromatic heterocycles. The van der Waals surface area contributed by atoms with Crippen LogP contribution in [0.4, 0.5) is 0 Å². The molecule has 122 valence electrons. The molecule has 21 heavy (non-hydrogen) atoms. The zero-order chi connectivity index (χ0) is 15.9. The van der Waals surface area contributed by atoms with Crippen molar-refractivity contribution >= 4 is 59.8 Å².